The maximum atomic E-state index is 12.4. The first-order chi connectivity index (χ1) is 8.80. The van der Waals surface area contributed by atoms with E-state index in [-0.39, 0.29) is 29.9 Å². The summed E-state index contributed by atoms with van der Waals surface area (Å²) in [7, 11) is -3.70. The molecule has 0 saturated heterocycles. The second-order valence-electron chi connectivity index (χ2n) is 4.52. The maximum Gasteiger partial charge on any atom is 0.243 e. The molecule has 0 unspecified atom stereocenters. The highest BCUT2D eigenvalue weighted by Crippen LogP contribution is 2.19. The van der Waals surface area contributed by atoms with Gasteiger partial charge in [-0.25, -0.2) is 8.42 Å². The lowest BCUT2D eigenvalue weighted by Crippen LogP contribution is -2.39. The molecule has 0 saturated carbocycles. The number of carbonyl (C=O) groups excluding carboxylic acids is 1. The average Bonchev–Trinajstić information content (AvgIpc) is 2.35. The van der Waals surface area contributed by atoms with Gasteiger partial charge in [0.1, 0.15) is 0 Å². The Kier molecular flexibility index (Phi) is 5.22. The Morgan fingerprint density at radius 3 is 2.47 bits per heavy atom. The van der Waals surface area contributed by atoms with E-state index >= 15 is 0 Å². The standard InChI is InChI=1S/C13H19NO4S/c1-10(2)14(7-8-15)19(17,18)13-6-4-5-12(9-13)11(3)16/h4-6,9-10,15H,7-8H2,1-3H3. The minimum Gasteiger partial charge on any atom is -0.395 e. The van der Waals surface area contributed by atoms with Gasteiger partial charge in [-0.1, -0.05) is 12.1 Å². The third kappa shape index (κ3) is 3.62. The molecule has 0 spiro atoms. The van der Waals surface area contributed by atoms with Crippen LogP contribution in [0.1, 0.15) is 31.1 Å². The highest BCUT2D eigenvalue weighted by atomic mass is 32.2. The molecule has 0 atom stereocenters. The monoisotopic (exact) mass is 285 g/mol. The van der Waals surface area contributed by atoms with Gasteiger partial charge in [-0.05, 0) is 32.9 Å². The topological polar surface area (TPSA) is 74.7 Å². The molecule has 0 aliphatic carbocycles. The normalized spacial score (nSPS) is 12.1. The predicted molar refractivity (Wildman–Crippen MR) is 72.6 cm³/mol. The van der Waals surface area contributed by atoms with Crippen LogP contribution in [0.2, 0.25) is 0 Å². The lowest BCUT2D eigenvalue weighted by molar-refractivity contribution is 0.101. The third-order valence-electron chi connectivity index (χ3n) is 2.74. The van der Waals surface area contributed by atoms with Crippen molar-refractivity contribution in [2.75, 3.05) is 13.2 Å². The van der Waals surface area contributed by atoms with Crippen molar-refractivity contribution in [2.24, 2.45) is 0 Å². The fourth-order valence-electron chi connectivity index (χ4n) is 1.77. The zero-order valence-electron chi connectivity index (χ0n) is 11.3. The van der Waals surface area contributed by atoms with Crippen LogP contribution in [0.5, 0.6) is 0 Å². The molecule has 1 rings (SSSR count). The number of hydrogen-bond donors (Lipinski definition) is 1. The molecule has 1 aromatic rings. The molecule has 1 N–H and O–H groups in total. The van der Waals surface area contributed by atoms with Gasteiger partial charge in [0.2, 0.25) is 10.0 Å². The minimum atomic E-state index is -3.70. The number of Topliss-reactive ketones (excluding diaryl/α,β-unsaturated/α-hetero) is 1. The van der Waals surface area contributed by atoms with Crippen LogP contribution in [0.4, 0.5) is 0 Å². The van der Waals surface area contributed by atoms with E-state index in [1.54, 1.807) is 26.0 Å². The number of rotatable bonds is 6. The van der Waals surface area contributed by atoms with Crippen LogP contribution in [-0.4, -0.2) is 42.8 Å². The average molecular weight is 285 g/mol. The van der Waals surface area contributed by atoms with Crippen LogP contribution >= 0.6 is 0 Å². The molecule has 0 fully saturated rings. The van der Waals surface area contributed by atoms with Crippen molar-refractivity contribution >= 4 is 15.8 Å². The van der Waals surface area contributed by atoms with Gasteiger partial charge in [-0.3, -0.25) is 4.79 Å². The van der Waals surface area contributed by atoms with Gasteiger partial charge in [-0.15, -0.1) is 0 Å². The smallest absolute Gasteiger partial charge is 0.243 e. The van der Waals surface area contributed by atoms with Gasteiger partial charge >= 0.3 is 0 Å². The summed E-state index contributed by atoms with van der Waals surface area (Å²) in [4.78, 5) is 11.4. The zero-order chi connectivity index (χ0) is 14.6. The Hall–Kier alpha value is -1.24. The van der Waals surface area contributed by atoms with E-state index < -0.39 is 10.0 Å². The van der Waals surface area contributed by atoms with Gasteiger partial charge < -0.3 is 5.11 Å². The van der Waals surface area contributed by atoms with E-state index in [9.17, 15) is 13.2 Å². The number of sulfonamides is 1. The van der Waals surface area contributed by atoms with Gasteiger partial charge in [0.25, 0.3) is 0 Å². The van der Waals surface area contributed by atoms with E-state index in [0.717, 1.165) is 0 Å². The first kappa shape index (κ1) is 15.8. The lowest BCUT2D eigenvalue weighted by atomic mass is 10.2. The summed E-state index contributed by atoms with van der Waals surface area (Å²) < 4.78 is 26.1. The summed E-state index contributed by atoms with van der Waals surface area (Å²) in [6.45, 7) is 4.65. The number of aliphatic hydroxyl groups is 1. The molecule has 0 aromatic heterocycles. The summed E-state index contributed by atoms with van der Waals surface area (Å²) in [6, 6.07) is 5.67. The largest absolute Gasteiger partial charge is 0.395 e. The summed E-state index contributed by atoms with van der Waals surface area (Å²) in [6.07, 6.45) is 0. The molecular formula is C13H19NO4S. The molecule has 6 heteroatoms. The summed E-state index contributed by atoms with van der Waals surface area (Å²) >= 11 is 0. The second-order valence-corrected chi connectivity index (χ2v) is 6.41. The number of nitrogens with zero attached hydrogens (tertiary/aromatic N) is 1. The first-order valence-corrected chi connectivity index (χ1v) is 7.48. The Morgan fingerprint density at radius 2 is 2.00 bits per heavy atom. The number of ketones is 1. The van der Waals surface area contributed by atoms with Gasteiger partial charge in [0, 0.05) is 18.2 Å². The van der Waals surface area contributed by atoms with Crippen molar-refractivity contribution in [2.45, 2.75) is 31.7 Å². The van der Waals surface area contributed by atoms with Crippen LogP contribution in [0.3, 0.4) is 0 Å². The van der Waals surface area contributed by atoms with Crippen LogP contribution in [0, 0.1) is 0 Å². The zero-order valence-corrected chi connectivity index (χ0v) is 12.1. The van der Waals surface area contributed by atoms with Crippen molar-refractivity contribution in [1.29, 1.82) is 0 Å². The molecule has 0 bridgehead atoms. The molecule has 0 heterocycles. The molecule has 106 valence electrons. The van der Waals surface area contributed by atoms with Crippen molar-refractivity contribution in [1.82, 2.24) is 4.31 Å². The highest BCUT2D eigenvalue weighted by Gasteiger charge is 2.26. The van der Waals surface area contributed by atoms with E-state index in [4.69, 9.17) is 5.11 Å². The third-order valence-corrected chi connectivity index (χ3v) is 4.81. The number of benzene rings is 1. The van der Waals surface area contributed by atoms with Crippen LogP contribution in [0.15, 0.2) is 29.2 Å². The molecule has 0 amide bonds. The van der Waals surface area contributed by atoms with E-state index in [2.05, 4.69) is 0 Å². The van der Waals surface area contributed by atoms with Gasteiger partial charge in [-0.2, -0.15) is 4.31 Å². The SMILES string of the molecule is CC(=O)c1cccc(S(=O)(=O)N(CCO)C(C)C)c1. The van der Waals surface area contributed by atoms with Crippen molar-refractivity contribution < 1.29 is 18.3 Å². The summed E-state index contributed by atoms with van der Waals surface area (Å²) in [5.74, 6) is -0.185. The number of aliphatic hydroxyl groups excluding tert-OH is 1. The maximum absolute atomic E-state index is 12.4. The van der Waals surface area contributed by atoms with Crippen molar-refractivity contribution in [3.63, 3.8) is 0 Å². The minimum absolute atomic E-state index is 0.0320. The highest BCUT2D eigenvalue weighted by molar-refractivity contribution is 7.89. The molecule has 19 heavy (non-hydrogen) atoms. The number of hydrogen-bond acceptors (Lipinski definition) is 4. The van der Waals surface area contributed by atoms with Crippen molar-refractivity contribution in [3.8, 4) is 0 Å². The lowest BCUT2D eigenvalue weighted by Gasteiger charge is -2.25. The first-order valence-electron chi connectivity index (χ1n) is 6.04. The van der Waals surface area contributed by atoms with Gasteiger partial charge in [0.15, 0.2) is 5.78 Å². The molecule has 1 aromatic carbocycles. The number of carbonyl (C=O) groups is 1. The molecular weight excluding hydrogens is 266 g/mol. The molecule has 5 nitrogen and oxygen atoms in total. The Labute approximate surface area is 113 Å². The Bertz CT molecular complexity index is 552. The molecule has 0 aliphatic rings. The Balaban J connectivity index is 3.25. The second kappa shape index (κ2) is 6.27. The van der Waals surface area contributed by atoms with Crippen LogP contribution < -0.4 is 0 Å². The molecule has 0 radical (unpaired) electrons. The Morgan fingerprint density at radius 1 is 1.37 bits per heavy atom. The van der Waals surface area contributed by atoms with Crippen molar-refractivity contribution in [3.05, 3.63) is 29.8 Å². The fourth-order valence-corrected chi connectivity index (χ4v) is 3.44. The summed E-state index contributed by atoms with van der Waals surface area (Å²) in [5.41, 5.74) is 0.355. The fraction of sp³-hybridized carbons (Fsp3) is 0.462. The van der Waals surface area contributed by atoms with Crippen LogP contribution in [-0.2, 0) is 10.0 Å². The van der Waals surface area contributed by atoms with E-state index in [1.165, 1.54) is 23.4 Å². The van der Waals surface area contributed by atoms with E-state index in [1.807, 2.05) is 0 Å². The quantitative estimate of drug-likeness (QED) is 0.799. The van der Waals surface area contributed by atoms with E-state index in [0.29, 0.717) is 5.56 Å². The molecule has 0 aliphatic heterocycles. The van der Waals surface area contributed by atoms with Crippen LogP contribution in [0.25, 0.3) is 0 Å². The van der Waals surface area contributed by atoms with Gasteiger partial charge in [0.05, 0.1) is 11.5 Å². The predicted octanol–water partition coefficient (Wildman–Crippen LogP) is 1.28. The summed E-state index contributed by atoms with van der Waals surface area (Å²) in [5, 5.41) is 8.98.